The Morgan fingerprint density at radius 1 is 1.06 bits per heavy atom. The molecule has 1 heterocycles. The average molecular weight is 260 g/mol. The van der Waals surface area contributed by atoms with Crippen LogP contribution in [0.3, 0.4) is 0 Å². The molecule has 0 bridgehead atoms. The predicted octanol–water partition coefficient (Wildman–Crippen LogP) is 5.49. The summed E-state index contributed by atoms with van der Waals surface area (Å²) in [5.74, 6) is 2.46. The molecule has 1 aromatic carbocycles. The van der Waals surface area contributed by atoms with Crippen LogP contribution in [0.2, 0.25) is 0 Å². The fourth-order valence-electron chi connectivity index (χ4n) is 2.64. The lowest BCUT2D eigenvalue weighted by atomic mass is 9.84. The highest BCUT2D eigenvalue weighted by molar-refractivity contribution is 8.02. The van der Waals surface area contributed by atoms with E-state index in [0.717, 1.165) is 0 Å². The van der Waals surface area contributed by atoms with E-state index in [1.54, 1.807) is 16.7 Å². The van der Waals surface area contributed by atoms with E-state index < -0.39 is 0 Å². The Morgan fingerprint density at radius 2 is 1.83 bits per heavy atom. The smallest absolute Gasteiger partial charge is 0.00227 e. The van der Waals surface area contributed by atoms with Gasteiger partial charge < -0.3 is 0 Å². The molecule has 0 atom stereocenters. The molecule has 1 aromatic rings. The maximum Gasteiger partial charge on any atom is -0.00227 e. The van der Waals surface area contributed by atoms with Crippen molar-refractivity contribution in [3.05, 3.63) is 40.3 Å². The molecule has 0 amide bonds. The van der Waals surface area contributed by atoms with Crippen molar-refractivity contribution in [2.24, 2.45) is 5.92 Å². The van der Waals surface area contributed by atoms with Crippen LogP contribution in [0.1, 0.15) is 56.7 Å². The van der Waals surface area contributed by atoms with Gasteiger partial charge in [0.25, 0.3) is 0 Å². The standard InChI is InChI=1S/C17H24S/c1-12(2)15-9-5-7-14-8-6-10-18-11-16(13(3)4)17(14)15/h5,7,9,11-13H,6,8,10H2,1-4H3/b16-11-. The van der Waals surface area contributed by atoms with Crippen molar-refractivity contribution in [3.8, 4) is 0 Å². The second-order valence-electron chi connectivity index (χ2n) is 5.74. The number of hydrogen-bond donors (Lipinski definition) is 0. The van der Waals surface area contributed by atoms with Crippen LogP contribution in [0.15, 0.2) is 23.6 Å². The Kier molecular flexibility index (Phi) is 4.55. The van der Waals surface area contributed by atoms with Crippen molar-refractivity contribution in [2.45, 2.75) is 46.5 Å². The van der Waals surface area contributed by atoms with Gasteiger partial charge in [-0.3, -0.25) is 0 Å². The third kappa shape index (κ3) is 2.83. The summed E-state index contributed by atoms with van der Waals surface area (Å²) >= 11 is 1.99. The summed E-state index contributed by atoms with van der Waals surface area (Å²) in [5.41, 5.74) is 6.17. The number of rotatable bonds is 2. The lowest BCUT2D eigenvalue weighted by Crippen LogP contribution is -2.07. The molecule has 0 aromatic heterocycles. The summed E-state index contributed by atoms with van der Waals surface area (Å²) in [6.45, 7) is 9.24. The molecule has 0 nitrogen and oxygen atoms in total. The molecule has 98 valence electrons. The zero-order valence-corrected chi connectivity index (χ0v) is 12.8. The predicted molar refractivity (Wildman–Crippen MR) is 84.1 cm³/mol. The fourth-order valence-corrected chi connectivity index (χ4v) is 3.64. The number of hydrogen-bond acceptors (Lipinski definition) is 1. The van der Waals surface area contributed by atoms with Crippen LogP contribution >= 0.6 is 11.8 Å². The van der Waals surface area contributed by atoms with Crippen LogP contribution in [-0.4, -0.2) is 5.75 Å². The van der Waals surface area contributed by atoms with Gasteiger partial charge in [0.1, 0.15) is 0 Å². The van der Waals surface area contributed by atoms with Gasteiger partial charge in [0.2, 0.25) is 0 Å². The Bertz CT molecular complexity index is 441. The molecule has 0 saturated heterocycles. The molecule has 1 heteroatoms. The van der Waals surface area contributed by atoms with Crippen LogP contribution < -0.4 is 0 Å². The Hall–Kier alpha value is -0.690. The molecule has 0 unspecified atom stereocenters. The van der Waals surface area contributed by atoms with Crippen molar-refractivity contribution in [3.63, 3.8) is 0 Å². The molecule has 0 saturated carbocycles. The van der Waals surface area contributed by atoms with Gasteiger partial charge in [0.05, 0.1) is 0 Å². The number of aryl methyl sites for hydroxylation is 1. The number of allylic oxidation sites excluding steroid dienone is 1. The van der Waals surface area contributed by atoms with Crippen molar-refractivity contribution >= 4 is 17.3 Å². The summed E-state index contributed by atoms with van der Waals surface area (Å²) in [6.07, 6.45) is 2.52. The second kappa shape index (κ2) is 5.97. The van der Waals surface area contributed by atoms with Gasteiger partial charge in [-0.2, -0.15) is 0 Å². The van der Waals surface area contributed by atoms with E-state index in [2.05, 4.69) is 51.3 Å². The van der Waals surface area contributed by atoms with E-state index in [1.807, 2.05) is 11.8 Å². The summed E-state index contributed by atoms with van der Waals surface area (Å²) in [7, 11) is 0. The van der Waals surface area contributed by atoms with Crippen LogP contribution in [-0.2, 0) is 6.42 Å². The molecule has 2 rings (SSSR count). The van der Waals surface area contributed by atoms with Gasteiger partial charge in [-0.05, 0) is 58.1 Å². The second-order valence-corrected chi connectivity index (χ2v) is 6.72. The SMILES string of the molecule is CC(C)/C1=C/SCCCc2cccc(C(C)C)c21. The first-order valence-corrected chi connectivity index (χ1v) is 8.10. The van der Waals surface area contributed by atoms with Crippen LogP contribution in [0.25, 0.3) is 5.57 Å². The quantitative estimate of drug-likeness (QED) is 0.678. The lowest BCUT2D eigenvalue weighted by Gasteiger charge is -2.23. The molecule has 0 spiro atoms. The largest absolute Gasteiger partial charge is 0.134 e. The molecular formula is C17H24S. The summed E-state index contributed by atoms with van der Waals surface area (Å²) in [4.78, 5) is 0. The van der Waals surface area contributed by atoms with Crippen molar-refractivity contribution in [1.82, 2.24) is 0 Å². The topological polar surface area (TPSA) is 0 Å². The van der Waals surface area contributed by atoms with Crippen molar-refractivity contribution in [1.29, 1.82) is 0 Å². The molecule has 1 aliphatic rings. The Morgan fingerprint density at radius 3 is 2.50 bits per heavy atom. The zero-order valence-electron chi connectivity index (χ0n) is 12.0. The first kappa shape index (κ1) is 13.7. The van der Waals surface area contributed by atoms with Gasteiger partial charge in [-0.25, -0.2) is 0 Å². The molecule has 0 N–H and O–H groups in total. The summed E-state index contributed by atoms with van der Waals surface area (Å²) in [5, 5.41) is 2.41. The number of fused-ring (bicyclic) bond motifs is 1. The highest BCUT2D eigenvalue weighted by Crippen LogP contribution is 2.36. The minimum absolute atomic E-state index is 0.603. The number of benzene rings is 1. The van der Waals surface area contributed by atoms with E-state index in [1.165, 1.54) is 24.2 Å². The average Bonchev–Trinajstić information content (AvgIpc) is 2.28. The van der Waals surface area contributed by atoms with Crippen molar-refractivity contribution in [2.75, 3.05) is 5.75 Å². The Labute approximate surface area is 116 Å². The zero-order chi connectivity index (χ0) is 13.1. The maximum absolute atomic E-state index is 2.41. The van der Waals surface area contributed by atoms with Crippen LogP contribution in [0, 0.1) is 5.92 Å². The third-order valence-electron chi connectivity index (χ3n) is 3.63. The Balaban J connectivity index is 2.60. The van der Waals surface area contributed by atoms with E-state index in [9.17, 15) is 0 Å². The minimum atomic E-state index is 0.603. The van der Waals surface area contributed by atoms with E-state index in [0.29, 0.717) is 11.8 Å². The summed E-state index contributed by atoms with van der Waals surface area (Å²) in [6, 6.07) is 6.88. The maximum atomic E-state index is 2.41. The fraction of sp³-hybridized carbons (Fsp3) is 0.529. The monoisotopic (exact) mass is 260 g/mol. The molecule has 0 radical (unpaired) electrons. The molecular weight excluding hydrogens is 236 g/mol. The minimum Gasteiger partial charge on any atom is -0.134 e. The summed E-state index contributed by atoms with van der Waals surface area (Å²) < 4.78 is 0. The normalized spacial score (nSPS) is 19.1. The lowest BCUT2D eigenvalue weighted by molar-refractivity contribution is 0.816. The first-order valence-electron chi connectivity index (χ1n) is 7.05. The van der Waals surface area contributed by atoms with Gasteiger partial charge in [0, 0.05) is 0 Å². The van der Waals surface area contributed by atoms with E-state index >= 15 is 0 Å². The van der Waals surface area contributed by atoms with Crippen LogP contribution in [0.4, 0.5) is 0 Å². The first-order chi connectivity index (χ1) is 8.61. The van der Waals surface area contributed by atoms with Crippen molar-refractivity contribution < 1.29 is 0 Å². The third-order valence-corrected chi connectivity index (χ3v) is 4.58. The molecule has 0 fully saturated rings. The van der Waals surface area contributed by atoms with Gasteiger partial charge >= 0.3 is 0 Å². The van der Waals surface area contributed by atoms with E-state index in [4.69, 9.17) is 0 Å². The van der Waals surface area contributed by atoms with E-state index in [-0.39, 0.29) is 0 Å². The highest BCUT2D eigenvalue weighted by atomic mass is 32.2. The number of thioether (sulfide) groups is 1. The van der Waals surface area contributed by atoms with Gasteiger partial charge in [0.15, 0.2) is 0 Å². The molecule has 18 heavy (non-hydrogen) atoms. The van der Waals surface area contributed by atoms with Gasteiger partial charge in [-0.1, -0.05) is 45.9 Å². The molecule has 1 aliphatic heterocycles. The molecule has 0 aliphatic carbocycles. The highest BCUT2D eigenvalue weighted by Gasteiger charge is 2.18. The van der Waals surface area contributed by atoms with Gasteiger partial charge in [-0.15, -0.1) is 11.8 Å². The van der Waals surface area contributed by atoms with Crippen LogP contribution in [0.5, 0.6) is 0 Å².